The van der Waals surface area contributed by atoms with E-state index < -0.39 is 0 Å². The third kappa shape index (κ3) is 2.62. The van der Waals surface area contributed by atoms with E-state index >= 15 is 0 Å². The monoisotopic (exact) mass is 412 g/mol. The van der Waals surface area contributed by atoms with Crippen LogP contribution in [0, 0.1) is 39.9 Å². The van der Waals surface area contributed by atoms with Gasteiger partial charge in [-0.15, -0.1) is 0 Å². The van der Waals surface area contributed by atoms with Crippen molar-refractivity contribution in [2.24, 2.45) is 39.9 Å². The van der Waals surface area contributed by atoms with Gasteiger partial charge in [0.2, 0.25) is 0 Å². The summed E-state index contributed by atoms with van der Waals surface area (Å²) in [6.07, 6.45) is 15.6. The van der Waals surface area contributed by atoms with Crippen LogP contribution in [0.1, 0.15) is 98.3 Å². The highest BCUT2D eigenvalue weighted by Gasteiger charge is 2.68. The van der Waals surface area contributed by atoms with E-state index in [-0.39, 0.29) is 28.3 Å². The predicted molar refractivity (Wildman–Crippen MR) is 118 cm³/mol. The molecule has 0 radical (unpaired) electrons. The molecule has 0 N–H and O–H groups in total. The Morgan fingerprint density at radius 3 is 2.53 bits per heavy atom. The first-order chi connectivity index (χ1) is 14.2. The topological polar surface area (TPSA) is 43.4 Å². The highest BCUT2D eigenvalue weighted by Crippen LogP contribution is 2.73. The quantitative estimate of drug-likeness (QED) is 0.397. The largest absolute Gasteiger partial charge is 0.462 e. The van der Waals surface area contributed by atoms with Gasteiger partial charge in [0.25, 0.3) is 0 Å². The molecule has 5 rings (SSSR count). The molecule has 4 fully saturated rings. The van der Waals surface area contributed by atoms with E-state index in [2.05, 4.69) is 19.9 Å². The minimum Gasteiger partial charge on any atom is -0.462 e. The van der Waals surface area contributed by atoms with Crippen LogP contribution in [0.5, 0.6) is 0 Å². The summed E-state index contributed by atoms with van der Waals surface area (Å²) in [7, 11) is 0. The van der Waals surface area contributed by atoms with Crippen LogP contribution < -0.4 is 0 Å². The lowest BCUT2D eigenvalue weighted by Crippen LogP contribution is -2.55. The summed E-state index contributed by atoms with van der Waals surface area (Å²) in [5, 5.41) is 0. The zero-order chi connectivity index (χ0) is 21.3. The van der Waals surface area contributed by atoms with Crippen LogP contribution in [0.2, 0.25) is 0 Å². The molecule has 0 heterocycles. The number of rotatable bonds is 2. The molecule has 30 heavy (non-hydrogen) atoms. The Labute approximate surface area is 182 Å². The standard InChI is InChI=1S/C27H40O3/c1-17(28)27-12-6-5-7-20(27)16-24-22-9-8-19-15-21(30-18(2)29)10-13-25(19,3)23(22)11-14-26(24,27)4/h8,20-24H,5-7,9-16H2,1-4H3/t20-,21-,22-,23+,24-,25-,26-,27+/m0/s1. The molecule has 5 aliphatic carbocycles. The van der Waals surface area contributed by atoms with Crippen molar-refractivity contribution in [1.29, 1.82) is 0 Å². The smallest absolute Gasteiger partial charge is 0.302 e. The molecule has 4 saturated carbocycles. The SMILES string of the molecule is CC(=O)O[C@H]1CC[C@@]2(C)C(=CC[C@H]3[C@H]2CC[C@@]2(C)[C@H]3C[C@@H]3CCCC[C@@]32C(C)=O)C1. The second-order valence-corrected chi connectivity index (χ2v) is 11.9. The van der Waals surface area contributed by atoms with Crippen molar-refractivity contribution in [3.63, 3.8) is 0 Å². The molecule has 0 aromatic carbocycles. The maximum absolute atomic E-state index is 13.2. The summed E-state index contributed by atoms with van der Waals surface area (Å²) in [5.41, 5.74) is 1.97. The average Bonchev–Trinajstić information content (AvgIpc) is 2.98. The van der Waals surface area contributed by atoms with Gasteiger partial charge in [0.15, 0.2) is 0 Å². The van der Waals surface area contributed by atoms with E-state index in [9.17, 15) is 9.59 Å². The zero-order valence-corrected chi connectivity index (χ0v) is 19.5. The van der Waals surface area contributed by atoms with Gasteiger partial charge in [-0.05, 0) is 92.8 Å². The van der Waals surface area contributed by atoms with Gasteiger partial charge in [-0.25, -0.2) is 0 Å². The fourth-order valence-electron chi connectivity index (χ4n) is 9.76. The number of carbonyl (C=O) groups excluding carboxylic acids is 2. The van der Waals surface area contributed by atoms with E-state index in [1.807, 2.05) is 6.92 Å². The van der Waals surface area contributed by atoms with Crippen LogP contribution in [0.15, 0.2) is 11.6 Å². The van der Waals surface area contributed by atoms with Gasteiger partial charge >= 0.3 is 5.97 Å². The Hall–Kier alpha value is -1.12. The fraction of sp³-hybridized carbons (Fsp3) is 0.852. The summed E-state index contributed by atoms with van der Waals surface area (Å²) in [6.45, 7) is 8.46. The molecule has 0 bridgehead atoms. The minimum absolute atomic E-state index is 0.0429. The Kier molecular flexibility index (Phi) is 4.80. The molecule has 0 spiro atoms. The van der Waals surface area contributed by atoms with Gasteiger partial charge < -0.3 is 4.74 Å². The molecule has 8 atom stereocenters. The maximum Gasteiger partial charge on any atom is 0.302 e. The molecule has 3 heteroatoms. The van der Waals surface area contributed by atoms with E-state index in [1.165, 1.54) is 51.9 Å². The van der Waals surface area contributed by atoms with Crippen molar-refractivity contribution < 1.29 is 14.3 Å². The molecular weight excluding hydrogens is 372 g/mol. The molecule has 0 unspecified atom stereocenters. The van der Waals surface area contributed by atoms with E-state index in [0.29, 0.717) is 17.6 Å². The first-order valence-corrected chi connectivity index (χ1v) is 12.6. The number of ketones is 1. The summed E-state index contributed by atoms with van der Waals surface area (Å²) in [4.78, 5) is 24.7. The zero-order valence-electron chi connectivity index (χ0n) is 19.5. The van der Waals surface area contributed by atoms with Crippen molar-refractivity contribution in [3.05, 3.63) is 11.6 Å². The molecule has 0 aliphatic heterocycles. The van der Waals surface area contributed by atoms with Crippen LogP contribution in [0.25, 0.3) is 0 Å². The van der Waals surface area contributed by atoms with Gasteiger partial charge in [-0.1, -0.05) is 38.3 Å². The Bertz CT molecular complexity index is 783. The van der Waals surface area contributed by atoms with Gasteiger partial charge in [-0.3, -0.25) is 9.59 Å². The second-order valence-electron chi connectivity index (χ2n) is 11.9. The van der Waals surface area contributed by atoms with E-state index in [0.717, 1.165) is 37.5 Å². The van der Waals surface area contributed by atoms with Crippen molar-refractivity contribution in [2.75, 3.05) is 0 Å². The van der Waals surface area contributed by atoms with Crippen molar-refractivity contribution in [1.82, 2.24) is 0 Å². The molecule has 5 aliphatic rings. The van der Waals surface area contributed by atoms with E-state index in [1.54, 1.807) is 5.57 Å². The van der Waals surface area contributed by atoms with Gasteiger partial charge in [-0.2, -0.15) is 0 Å². The number of hydrogen-bond donors (Lipinski definition) is 0. The average molecular weight is 413 g/mol. The fourth-order valence-corrected chi connectivity index (χ4v) is 9.76. The predicted octanol–water partition coefficient (Wildman–Crippen LogP) is 6.26. The minimum atomic E-state index is -0.144. The third-order valence-electron chi connectivity index (χ3n) is 11.0. The van der Waals surface area contributed by atoms with Crippen LogP contribution >= 0.6 is 0 Å². The van der Waals surface area contributed by atoms with Gasteiger partial charge in [0, 0.05) is 18.8 Å². The van der Waals surface area contributed by atoms with Crippen molar-refractivity contribution in [2.45, 2.75) is 104 Å². The normalized spacial score (nSPS) is 49.7. The molecule has 0 aromatic rings. The Morgan fingerprint density at radius 1 is 1.00 bits per heavy atom. The number of hydrogen-bond acceptors (Lipinski definition) is 3. The highest BCUT2D eigenvalue weighted by molar-refractivity contribution is 5.84. The number of esters is 1. The first kappa shape index (κ1) is 20.8. The first-order valence-electron chi connectivity index (χ1n) is 12.6. The highest BCUT2D eigenvalue weighted by atomic mass is 16.5. The Balaban J connectivity index is 1.46. The number of carbonyl (C=O) groups is 2. The number of Topliss-reactive ketones (excluding diaryl/α,β-unsaturated/α-hetero) is 1. The van der Waals surface area contributed by atoms with Gasteiger partial charge in [0.1, 0.15) is 11.9 Å². The summed E-state index contributed by atoms with van der Waals surface area (Å²) >= 11 is 0. The molecule has 0 amide bonds. The van der Waals surface area contributed by atoms with Crippen LogP contribution in [-0.4, -0.2) is 17.9 Å². The molecule has 166 valence electrons. The number of ether oxygens (including phenoxy) is 1. The second kappa shape index (κ2) is 6.94. The van der Waals surface area contributed by atoms with Crippen molar-refractivity contribution in [3.8, 4) is 0 Å². The molecule has 0 saturated heterocycles. The van der Waals surface area contributed by atoms with Crippen molar-refractivity contribution >= 4 is 11.8 Å². The van der Waals surface area contributed by atoms with Crippen LogP contribution in [-0.2, 0) is 14.3 Å². The number of allylic oxidation sites excluding steroid dienone is 1. The lowest BCUT2D eigenvalue weighted by atomic mass is 9.44. The van der Waals surface area contributed by atoms with Crippen LogP contribution in [0.4, 0.5) is 0 Å². The molecule has 0 aromatic heterocycles. The Morgan fingerprint density at radius 2 is 1.80 bits per heavy atom. The number of fused-ring (bicyclic) bond motifs is 7. The summed E-state index contributed by atoms with van der Waals surface area (Å²) < 4.78 is 5.59. The molecule has 3 nitrogen and oxygen atoms in total. The lowest BCUT2D eigenvalue weighted by molar-refractivity contribution is -0.151. The lowest BCUT2D eigenvalue weighted by Gasteiger charge is -2.60. The summed E-state index contributed by atoms with van der Waals surface area (Å²) in [5.74, 6) is 3.13. The maximum atomic E-state index is 13.2. The van der Waals surface area contributed by atoms with Crippen LogP contribution in [0.3, 0.4) is 0 Å². The molecular formula is C27H40O3. The van der Waals surface area contributed by atoms with E-state index in [4.69, 9.17) is 4.74 Å². The summed E-state index contributed by atoms with van der Waals surface area (Å²) in [6, 6.07) is 0. The third-order valence-corrected chi connectivity index (χ3v) is 11.0. The van der Waals surface area contributed by atoms with Gasteiger partial charge in [0.05, 0.1) is 0 Å².